The number of fused-ring (bicyclic) bond motifs is 1. The molecule has 1 N–H and O–H groups in total. The highest BCUT2D eigenvalue weighted by Crippen LogP contribution is 2.26. The van der Waals surface area contributed by atoms with E-state index in [9.17, 15) is 9.59 Å². The van der Waals surface area contributed by atoms with Gasteiger partial charge in [-0.3, -0.25) is 4.79 Å². The Balaban J connectivity index is 1.65. The monoisotopic (exact) mass is 391 g/mol. The third-order valence-electron chi connectivity index (χ3n) is 4.11. The normalized spacial score (nSPS) is 12.6. The number of thioether (sulfide) groups is 1. The number of aromatic nitrogens is 2. The minimum absolute atomic E-state index is 0.150. The molecule has 1 aliphatic carbocycles. The van der Waals surface area contributed by atoms with Crippen LogP contribution in [0.1, 0.15) is 33.7 Å². The molecule has 0 unspecified atom stereocenters. The highest BCUT2D eigenvalue weighted by Gasteiger charge is 2.18. The lowest BCUT2D eigenvalue weighted by atomic mass is 10.2. The number of hydrogen-bond donors (Lipinski definition) is 1. The second kappa shape index (κ2) is 8.05. The number of hydrogen-bond acceptors (Lipinski definition) is 6. The van der Waals surface area contributed by atoms with Crippen molar-refractivity contribution in [2.24, 2.45) is 0 Å². The maximum atomic E-state index is 12.2. The number of rotatable bonds is 5. The fourth-order valence-corrected chi connectivity index (χ4v) is 3.71. The smallest absolute Gasteiger partial charge is 0.337 e. The zero-order valence-electron chi connectivity index (χ0n) is 14.5. The summed E-state index contributed by atoms with van der Waals surface area (Å²) in [6.07, 6.45) is 3.10. The molecule has 1 aromatic heterocycles. The number of nitrogens with one attached hydrogen (secondary N) is 1. The highest BCUT2D eigenvalue weighted by atomic mass is 35.5. The van der Waals surface area contributed by atoms with Gasteiger partial charge in [0, 0.05) is 11.4 Å². The summed E-state index contributed by atoms with van der Waals surface area (Å²) in [6, 6.07) is 4.58. The lowest BCUT2D eigenvalue weighted by Crippen LogP contribution is -2.15. The number of benzene rings is 1. The van der Waals surface area contributed by atoms with Crippen molar-refractivity contribution in [1.82, 2.24) is 9.97 Å². The van der Waals surface area contributed by atoms with Gasteiger partial charge in [0.25, 0.3) is 0 Å². The molecule has 0 saturated heterocycles. The number of carbonyl (C=O) groups is 2. The van der Waals surface area contributed by atoms with E-state index in [0.29, 0.717) is 21.4 Å². The van der Waals surface area contributed by atoms with Crippen LogP contribution in [0, 0.1) is 6.92 Å². The van der Waals surface area contributed by atoms with Crippen LogP contribution in [0.2, 0.25) is 5.02 Å². The molecule has 6 nitrogen and oxygen atoms in total. The molecule has 0 bridgehead atoms. The summed E-state index contributed by atoms with van der Waals surface area (Å²) < 4.78 is 4.67. The topological polar surface area (TPSA) is 81.2 Å². The second-order valence-electron chi connectivity index (χ2n) is 5.89. The largest absolute Gasteiger partial charge is 0.465 e. The first-order valence-corrected chi connectivity index (χ1v) is 9.51. The van der Waals surface area contributed by atoms with Crippen LogP contribution in [0.15, 0.2) is 23.4 Å². The van der Waals surface area contributed by atoms with E-state index in [1.807, 2.05) is 6.92 Å². The number of anilines is 1. The minimum Gasteiger partial charge on any atom is -0.465 e. The van der Waals surface area contributed by atoms with E-state index < -0.39 is 5.97 Å². The predicted molar refractivity (Wildman–Crippen MR) is 101 cm³/mol. The van der Waals surface area contributed by atoms with Crippen LogP contribution >= 0.6 is 23.4 Å². The zero-order valence-corrected chi connectivity index (χ0v) is 16.0. The Kier molecular flexibility index (Phi) is 5.78. The van der Waals surface area contributed by atoms with Crippen LogP contribution in [-0.2, 0) is 22.4 Å². The number of aryl methyl sites for hydroxylation is 2. The average Bonchev–Trinajstić information content (AvgIpc) is 3.10. The van der Waals surface area contributed by atoms with Crippen molar-refractivity contribution >= 4 is 40.9 Å². The Morgan fingerprint density at radius 3 is 2.88 bits per heavy atom. The van der Waals surface area contributed by atoms with Crippen molar-refractivity contribution in [3.8, 4) is 0 Å². The molecule has 1 amide bonds. The molecule has 0 saturated carbocycles. The number of nitrogens with zero attached hydrogens (tertiary/aromatic N) is 2. The van der Waals surface area contributed by atoms with Gasteiger partial charge < -0.3 is 10.1 Å². The second-order valence-corrected chi connectivity index (χ2v) is 7.24. The van der Waals surface area contributed by atoms with Gasteiger partial charge in [0.05, 0.1) is 29.1 Å². The number of methoxy groups -OCH3 is 1. The van der Waals surface area contributed by atoms with Crippen LogP contribution in [0.4, 0.5) is 5.69 Å². The Morgan fingerprint density at radius 1 is 1.31 bits per heavy atom. The van der Waals surface area contributed by atoms with Crippen molar-refractivity contribution in [3.05, 3.63) is 45.7 Å². The quantitative estimate of drug-likeness (QED) is 0.477. The van der Waals surface area contributed by atoms with Crippen LogP contribution in [-0.4, -0.2) is 34.7 Å². The summed E-state index contributed by atoms with van der Waals surface area (Å²) in [5.41, 5.74) is 4.01. The molecule has 1 aliphatic rings. The van der Waals surface area contributed by atoms with E-state index in [4.69, 9.17) is 11.6 Å². The van der Waals surface area contributed by atoms with E-state index in [-0.39, 0.29) is 11.7 Å². The van der Waals surface area contributed by atoms with Crippen molar-refractivity contribution < 1.29 is 14.3 Å². The van der Waals surface area contributed by atoms with Crippen molar-refractivity contribution in [2.75, 3.05) is 18.2 Å². The third-order valence-corrected chi connectivity index (χ3v) is 5.29. The standard InChI is InChI=1S/C18H18ClN3O3S/c1-10-12-4-3-5-14(12)22-18(20-10)26-9-16(23)21-15-8-11(17(24)25-2)6-7-13(15)19/h6-8H,3-5,9H2,1-2H3,(H,21,23). The number of carbonyl (C=O) groups excluding carboxylic acids is 2. The van der Waals surface area contributed by atoms with E-state index in [2.05, 4.69) is 20.0 Å². The van der Waals surface area contributed by atoms with Gasteiger partial charge in [-0.25, -0.2) is 14.8 Å². The van der Waals surface area contributed by atoms with E-state index in [1.54, 1.807) is 12.1 Å². The van der Waals surface area contributed by atoms with Crippen molar-refractivity contribution in [3.63, 3.8) is 0 Å². The van der Waals surface area contributed by atoms with Crippen LogP contribution in [0.5, 0.6) is 0 Å². The number of halogens is 1. The fourth-order valence-electron chi connectivity index (χ4n) is 2.84. The van der Waals surface area contributed by atoms with Gasteiger partial charge in [-0.1, -0.05) is 23.4 Å². The summed E-state index contributed by atoms with van der Waals surface area (Å²) in [5.74, 6) is -0.592. The first-order chi connectivity index (χ1) is 12.5. The average molecular weight is 392 g/mol. The molecule has 26 heavy (non-hydrogen) atoms. The van der Waals surface area contributed by atoms with Crippen LogP contribution < -0.4 is 5.32 Å². The van der Waals surface area contributed by atoms with E-state index in [0.717, 1.165) is 30.7 Å². The predicted octanol–water partition coefficient (Wildman–Crippen LogP) is 3.44. The number of esters is 1. The lowest BCUT2D eigenvalue weighted by Gasteiger charge is -2.09. The van der Waals surface area contributed by atoms with Gasteiger partial charge in [0.2, 0.25) is 5.91 Å². The maximum absolute atomic E-state index is 12.2. The summed E-state index contributed by atoms with van der Waals surface area (Å²) in [6.45, 7) is 1.98. The zero-order chi connectivity index (χ0) is 18.7. The van der Waals surface area contributed by atoms with Gasteiger partial charge in [-0.15, -0.1) is 0 Å². The first-order valence-electron chi connectivity index (χ1n) is 8.15. The third kappa shape index (κ3) is 4.16. The molecule has 0 atom stereocenters. The lowest BCUT2D eigenvalue weighted by molar-refractivity contribution is -0.113. The Labute approximate surface area is 160 Å². The van der Waals surface area contributed by atoms with E-state index >= 15 is 0 Å². The number of ether oxygens (including phenoxy) is 1. The molecule has 1 heterocycles. The fraction of sp³-hybridized carbons (Fsp3) is 0.333. The molecule has 1 aromatic carbocycles. The van der Waals surface area contributed by atoms with Gasteiger partial charge in [0.15, 0.2) is 5.16 Å². The molecule has 2 aromatic rings. The highest BCUT2D eigenvalue weighted by molar-refractivity contribution is 7.99. The first kappa shape index (κ1) is 18.7. The summed E-state index contributed by atoms with van der Waals surface area (Å²) in [5, 5.41) is 3.66. The van der Waals surface area contributed by atoms with Crippen molar-refractivity contribution in [2.45, 2.75) is 31.3 Å². The number of amides is 1. The Bertz CT molecular complexity index is 873. The van der Waals surface area contributed by atoms with Crippen LogP contribution in [0.3, 0.4) is 0 Å². The molecular formula is C18H18ClN3O3S. The molecule has 136 valence electrons. The van der Waals surface area contributed by atoms with Crippen molar-refractivity contribution in [1.29, 1.82) is 0 Å². The molecule has 0 fully saturated rings. The van der Waals surface area contributed by atoms with Gasteiger partial charge >= 0.3 is 5.97 Å². The molecule has 3 rings (SSSR count). The molecule has 0 aliphatic heterocycles. The molecule has 8 heteroatoms. The molecular weight excluding hydrogens is 374 g/mol. The van der Waals surface area contributed by atoms with Gasteiger partial charge in [0.1, 0.15) is 0 Å². The summed E-state index contributed by atoms with van der Waals surface area (Å²) >= 11 is 7.37. The summed E-state index contributed by atoms with van der Waals surface area (Å²) in [7, 11) is 1.30. The van der Waals surface area contributed by atoms with Gasteiger partial charge in [-0.05, 0) is 49.9 Å². The Morgan fingerprint density at radius 2 is 2.12 bits per heavy atom. The van der Waals surface area contributed by atoms with E-state index in [1.165, 1.54) is 30.5 Å². The maximum Gasteiger partial charge on any atom is 0.337 e. The summed E-state index contributed by atoms with van der Waals surface area (Å²) in [4.78, 5) is 32.9. The SMILES string of the molecule is COC(=O)c1ccc(Cl)c(NC(=O)CSc2nc(C)c3c(n2)CCC3)c1. The molecule has 0 spiro atoms. The Hall–Kier alpha value is -2.12. The van der Waals surface area contributed by atoms with Crippen LogP contribution in [0.25, 0.3) is 0 Å². The molecule has 0 radical (unpaired) electrons. The van der Waals surface area contributed by atoms with Gasteiger partial charge in [-0.2, -0.15) is 0 Å². The minimum atomic E-state index is -0.492.